The Morgan fingerprint density at radius 1 is 0.426 bits per heavy atom. The van der Waals surface area contributed by atoms with E-state index in [1.807, 2.05) is 18.2 Å². The van der Waals surface area contributed by atoms with Crippen molar-refractivity contribution >= 4 is 71.2 Å². The minimum atomic E-state index is 0.672. The van der Waals surface area contributed by atoms with E-state index in [9.17, 15) is 0 Å². The fourth-order valence-corrected chi connectivity index (χ4v) is 7.48. The summed E-state index contributed by atoms with van der Waals surface area (Å²) < 4.78 is 11.0. The van der Waals surface area contributed by atoms with E-state index in [0.717, 1.165) is 66.2 Å². The topological polar surface area (TPSA) is 27.4 Å². The second-order valence-electron chi connectivity index (χ2n) is 12.0. The van der Waals surface area contributed by atoms with Crippen LogP contribution in [0.5, 0.6) is 0 Å². The lowest BCUT2D eigenvalue weighted by Gasteiger charge is -2.11. The quantitative estimate of drug-likeness (QED) is 0.186. The Morgan fingerprint density at radius 2 is 0.979 bits per heavy atom. The SMILES string of the molecule is [C-]#[N+]c1cccc2c1c1ccccc1n2-c1cccc(-c2ccc3oc4ccc(-n5c6ccccc6c6ccccc65)cc4c3c2)c1. The van der Waals surface area contributed by atoms with Crippen LogP contribution in [0.3, 0.4) is 0 Å². The zero-order valence-corrected chi connectivity index (χ0v) is 25.2. The van der Waals surface area contributed by atoms with Gasteiger partial charge in [0.05, 0.1) is 23.1 Å². The largest absolute Gasteiger partial charge is 0.456 e. The predicted molar refractivity (Wildman–Crippen MR) is 194 cm³/mol. The summed E-state index contributed by atoms with van der Waals surface area (Å²) in [5.74, 6) is 0. The molecule has 0 atom stereocenters. The molecule has 0 bridgehead atoms. The summed E-state index contributed by atoms with van der Waals surface area (Å²) in [6, 6.07) is 53.2. The fraction of sp³-hybridized carbons (Fsp3) is 0. The maximum Gasteiger partial charge on any atom is 0.197 e. The van der Waals surface area contributed by atoms with Crippen LogP contribution in [0.15, 0.2) is 156 Å². The first kappa shape index (κ1) is 25.7. The molecule has 0 saturated carbocycles. The van der Waals surface area contributed by atoms with Crippen LogP contribution in [0.2, 0.25) is 0 Å². The second-order valence-corrected chi connectivity index (χ2v) is 12.0. The van der Waals surface area contributed by atoms with Gasteiger partial charge in [0.1, 0.15) is 11.2 Å². The van der Waals surface area contributed by atoms with Gasteiger partial charge in [-0.2, -0.15) is 0 Å². The summed E-state index contributed by atoms with van der Waals surface area (Å²) in [4.78, 5) is 3.85. The Labute approximate surface area is 269 Å². The average molecular weight is 600 g/mol. The molecule has 0 N–H and O–H groups in total. The van der Waals surface area contributed by atoms with E-state index in [0.29, 0.717) is 5.69 Å². The van der Waals surface area contributed by atoms with Crippen molar-refractivity contribution in [1.82, 2.24) is 9.13 Å². The lowest BCUT2D eigenvalue weighted by Crippen LogP contribution is -1.94. The number of benzene rings is 7. The van der Waals surface area contributed by atoms with Gasteiger partial charge in [-0.25, -0.2) is 4.85 Å². The summed E-state index contributed by atoms with van der Waals surface area (Å²) in [5.41, 5.74) is 11.3. The highest BCUT2D eigenvalue weighted by Gasteiger charge is 2.17. The fourth-order valence-electron chi connectivity index (χ4n) is 7.48. The molecule has 0 aliphatic heterocycles. The predicted octanol–water partition coefficient (Wildman–Crippen LogP) is 12.0. The normalized spacial score (nSPS) is 11.8. The maximum atomic E-state index is 7.80. The number of hydrogen-bond acceptors (Lipinski definition) is 1. The Hall–Kier alpha value is -6.57. The molecule has 4 heteroatoms. The highest BCUT2D eigenvalue weighted by atomic mass is 16.3. The average Bonchev–Trinajstić information content (AvgIpc) is 3.79. The van der Waals surface area contributed by atoms with Gasteiger partial charge in [-0.05, 0) is 83.2 Å². The number of rotatable bonds is 3. The molecule has 218 valence electrons. The van der Waals surface area contributed by atoms with Gasteiger partial charge in [-0.3, -0.25) is 0 Å². The molecule has 0 amide bonds. The zero-order chi connectivity index (χ0) is 31.1. The van der Waals surface area contributed by atoms with Gasteiger partial charge in [0, 0.05) is 43.8 Å². The minimum absolute atomic E-state index is 0.672. The van der Waals surface area contributed by atoms with E-state index in [1.54, 1.807) is 0 Å². The third kappa shape index (κ3) is 3.69. The maximum absolute atomic E-state index is 7.80. The molecule has 4 nitrogen and oxygen atoms in total. The first-order valence-electron chi connectivity index (χ1n) is 15.7. The molecule has 3 aromatic heterocycles. The third-order valence-electron chi connectivity index (χ3n) is 9.52. The molecule has 0 aliphatic rings. The van der Waals surface area contributed by atoms with Crippen molar-refractivity contribution < 1.29 is 4.42 Å². The molecular weight excluding hydrogens is 574 g/mol. The van der Waals surface area contributed by atoms with Gasteiger partial charge in [0.25, 0.3) is 0 Å². The second kappa shape index (κ2) is 9.71. The molecule has 3 heterocycles. The summed E-state index contributed by atoms with van der Waals surface area (Å²) in [7, 11) is 0. The van der Waals surface area contributed by atoms with E-state index in [-0.39, 0.29) is 0 Å². The summed E-state index contributed by atoms with van der Waals surface area (Å²) in [5, 5.41) is 6.75. The van der Waals surface area contributed by atoms with Crippen LogP contribution in [0, 0.1) is 6.57 Å². The third-order valence-corrected chi connectivity index (χ3v) is 9.52. The van der Waals surface area contributed by atoms with Gasteiger partial charge in [0.2, 0.25) is 0 Å². The summed E-state index contributed by atoms with van der Waals surface area (Å²) in [6.45, 7) is 7.80. The first-order valence-corrected chi connectivity index (χ1v) is 15.7. The summed E-state index contributed by atoms with van der Waals surface area (Å²) in [6.07, 6.45) is 0. The number of fused-ring (bicyclic) bond motifs is 9. The first-order chi connectivity index (χ1) is 23.3. The van der Waals surface area contributed by atoms with Crippen LogP contribution >= 0.6 is 0 Å². The van der Waals surface area contributed by atoms with Crippen molar-refractivity contribution in [2.24, 2.45) is 0 Å². The van der Waals surface area contributed by atoms with E-state index < -0.39 is 0 Å². The molecule has 0 saturated heterocycles. The number of para-hydroxylation sites is 3. The van der Waals surface area contributed by atoms with Gasteiger partial charge in [-0.1, -0.05) is 84.9 Å². The highest BCUT2D eigenvalue weighted by Crippen LogP contribution is 2.40. The molecule has 47 heavy (non-hydrogen) atoms. The standard InChI is InChI=1S/C43H25N3O/c1-44-36-15-9-19-40-43(36)33-14-4-7-18-39(33)46(40)29-11-8-10-27(24-29)28-20-22-41-34(25-28)35-26-30(21-23-42(35)47-41)45-37-16-5-2-12-31(37)32-13-3-6-17-38(32)45/h2-26H. The molecule has 0 aliphatic carbocycles. The van der Waals surface area contributed by atoms with Crippen LogP contribution in [-0.4, -0.2) is 9.13 Å². The number of aromatic nitrogens is 2. The van der Waals surface area contributed by atoms with E-state index >= 15 is 0 Å². The minimum Gasteiger partial charge on any atom is -0.456 e. The molecular formula is C43H25N3O. The molecule has 0 spiro atoms. The molecule has 10 rings (SSSR count). The van der Waals surface area contributed by atoms with Gasteiger partial charge < -0.3 is 13.6 Å². The van der Waals surface area contributed by atoms with Crippen molar-refractivity contribution in [2.75, 3.05) is 0 Å². The number of nitrogens with zero attached hydrogens (tertiary/aromatic N) is 3. The van der Waals surface area contributed by atoms with E-state index in [4.69, 9.17) is 11.0 Å². The number of furan rings is 1. The Morgan fingerprint density at radius 3 is 1.72 bits per heavy atom. The van der Waals surface area contributed by atoms with Crippen LogP contribution in [-0.2, 0) is 0 Å². The smallest absolute Gasteiger partial charge is 0.197 e. The Kier molecular flexibility index (Phi) is 5.32. The molecule has 0 fully saturated rings. The van der Waals surface area contributed by atoms with Crippen molar-refractivity contribution in [1.29, 1.82) is 0 Å². The van der Waals surface area contributed by atoms with Crippen LogP contribution < -0.4 is 0 Å². The lowest BCUT2D eigenvalue weighted by atomic mass is 10.0. The zero-order valence-electron chi connectivity index (χ0n) is 25.2. The highest BCUT2D eigenvalue weighted by molar-refractivity contribution is 6.15. The molecule has 0 radical (unpaired) electrons. The van der Waals surface area contributed by atoms with Crippen LogP contribution in [0.4, 0.5) is 5.69 Å². The van der Waals surface area contributed by atoms with Crippen molar-refractivity contribution in [3.63, 3.8) is 0 Å². The molecule has 10 aromatic rings. The van der Waals surface area contributed by atoms with Crippen LogP contribution in [0.1, 0.15) is 0 Å². The Balaban J connectivity index is 1.15. The summed E-state index contributed by atoms with van der Waals surface area (Å²) >= 11 is 0. The van der Waals surface area contributed by atoms with Gasteiger partial charge in [-0.15, -0.1) is 0 Å². The molecule has 7 aromatic carbocycles. The van der Waals surface area contributed by atoms with E-state index in [1.165, 1.54) is 21.8 Å². The van der Waals surface area contributed by atoms with Crippen molar-refractivity contribution in [3.05, 3.63) is 163 Å². The Bertz CT molecular complexity index is 2880. The molecule has 0 unspecified atom stereocenters. The van der Waals surface area contributed by atoms with Gasteiger partial charge in [0.15, 0.2) is 5.69 Å². The van der Waals surface area contributed by atoms with Crippen LogP contribution in [0.25, 0.3) is 92.9 Å². The van der Waals surface area contributed by atoms with Crippen molar-refractivity contribution in [3.8, 4) is 22.5 Å². The van der Waals surface area contributed by atoms with E-state index in [2.05, 4.69) is 147 Å². The monoisotopic (exact) mass is 599 g/mol. The van der Waals surface area contributed by atoms with Gasteiger partial charge >= 0.3 is 0 Å². The number of hydrogen-bond donors (Lipinski definition) is 0. The lowest BCUT2D eigenvalue weighted by molar-refractivity contribution is 0.669. The van der Waals surface area contributed by atoms with Crippen molar-refractivity contribution in [2.45, 2.75) is 0 Å².